The van der Waals surface area contributed by atoms with Crippen LogP contribution >= 0.6 is 23.2 Å². The topological polar surface area (TPSA) is 23.6 Å². The molecule has 3 nitrogen and oxygen atoms in total. The SMILES string of the molecule is CC1(CN2CCC(C(=O)N3CCC(c4ccc(Cl)c(Cl)c4)C3)CC2)CC1. The zero-order valence-electron chi connectivity index (χ0n) is 15.5. The summed E-state index contributed by atoms with van der Waals surface area (Å²) in [5.74, 6) is 0.958. The van der Waals surface area contributed by atoms with Crippen molar-refractivity contribution in [3.8, 4) is 0 Å². The summed E-state index contributed by atoms with van der Waals surface area (Å²) < 4.78 is 0. The first-order chi connectivity index (χ1) is 12.4. The number of carbonyl (C=O) groups is 1. The molecule has 1 saturated carbocycles. The lowest BCUT2D eigenvalue weighted by Crippen LogP contribution is -2.43. The molecule has 1 unspecified atom stereocenters. The smallest absolute Gasteiger partial charge is 0.225 e. The molecule has 142 valence electrons. The van der Waals surface area contributed by atoms with Crippen LogP contribution in [0.4, 0.5) is 0 Å². The molecule has 4 rings (SSSR count). The highest BCUT2D eigenvalue weighted by Crippen LogP contribution is 2.46. The standard InChI is InChI=1S/C21H28Cl2N2O/c1-21(7-8-21)14-24-9-4-15(5-10-24)20(26)25-11-6-17(13-25)16-2-3-18(22)19(23)12-16/h2-3,12,15,17H,4-11,13-14H2,1H3. The number of benzene rings is 1. The lowest BCUT2D eigenvalue weighted by molar-refractivity contribution is -0.136. The van der Waals surface area contributed by atoms with E-state index < -0.39 is 0 Å². The van der Waals surface area contributed by atoms with Gasteiger partial charge < -0.3 is 9.80 Å². The van der Waals surface area contributed by atoms with E-state index in [1.54, 1.807) is 0 Å². The lowest BCUT2D eigenvalue weighted by Gasteiger charge is -2.34. The molecule has 1 aromatic rings. The second-order valence-corrected chi connectivity index (χ2v) is 9.62. The summed E-state index contributed by atoms with van der Waals surface area (Å²) in [5, 5.41) is 1.19. The summed E-state index contributed by atoms with van der Waals surface area (Å²) >= 11 is 12.2. The Morgan fingerprint density at radius 1 is 1.12 bits per heavy atom. The number of nitrogens with zero attached hydrogens (tertiary/aromatic N) is 2. The van der Waals surface area contributed by atoms with E-state index in [0.29, 0.717) is 27.3 Å². The van der Waals surface area contributed by atoms with Crippen LogP contribution in [0.3, 0.4) is 0 Å². The van der Waals surface area contributed by atoms with E-state index in [0.717, 1.165) is 45.4 Å². The maximum absolute atomic E-state index is 13.0. The van der Waals surface area contributed by atoms with Crippen molar-refractivity contribution in [2.75, 3.05) is 32.7 Å². The van der Waals surface area contributed by atoms with Gasteiger partial charge in [0.2, 0.25) is 5.91 Å². The van der Waals surface area contributed by atoms with Crippen molar-refractivity contribution in [2.45, 2.75) is 44.9 Å². The van der Waals surface area contributed by atoms with Crippen molar-refractivity contribution in [1.29, 1.82) is 0 Å². The normalized spacial score (nSPS) is 26.3. The van der Waals surface area contributed by atoms with E-state index in [1.165, 1.54) is 24.9 Å². The molecule has 2 heterocycles. The first-order valence-electron chi connectivity index (χ1n) is 9.90. The van der Waals surface area contributed by atoms with Gasteiger partial charge in [-0.3, -0.25) is 4.79 Å². The number of likely N-dealkylation sites (tertiary alicyclic amines) is 2. The third kappa shape index (κ3) is 4.05. The lowest BCUT2D eigenvalue weighted by atomic mass is 9.94. The first kappa shape index (κ1) is 18.6. The van der Waals surface area contributed by atoms with Gasteiger partial charge in [0.15, 0.2) is 0 Å². The number of hydrogen-bond acceptors (Lipinski definition) is 2. The summed E-state index contributed by atoms with van der Waals surface area (Å²) in [6, 6.07) is 5.86. The quantitative estimate of drug-likeness (QED) is 0.730. The van der Waals surface area contributed by atoms with Gasteiger partial charge in [-0.25, -0.2) is 0 Å². The van der Waals surface area contributed by atoms with Gasteiger partial charge in [-0.05, 0) is 68.3 Å². The molecule has 0 bridgehead atoms. The fourth-order valence-electron chi connectivity index (χ4n) is 4.51. The molecular weight excluding hydrogens is 367 g/mol. The van der Waals surface area contributed by atoms with Gasteiger partial charge in [-0.15, -0.1) is 0 Å². The van der Waals surface area contributed by atoms with Crippen LogP contribution in [0.1, 0.15) is 50.5 Å². The van der Waals surface area contributed by atoms with Crippen molar-refractivity contribution in [3.63, 3.8) is 0 Å². The Morgan fingerprint density at radius 3 is 2.50 bits per heavy atom. The minimum Gasteiger partial charge on any atom is -0.342 e. The van der Waals surface area contributed by atoms with Crippen LogP contribution in [0.2, 0.25) is 10.0 Å². The molecule has 3 fully saturated rings. The van der Waals surface area contributed by atoms with Gasteiger partial charge in [0.05, 0.1) is 10.0 Å². The van der Waals surface area contributed by atoms with Crippen molar-refractivity contribution in [1.82, 2.24) is 9.80 Å². The van der Waals surface area contributed by atoms with E-state index >= 15 is 0 Å². The van der Waals surface area contributed by atoms with Crippen molar-refractivity contribution in [3.05, 3.63) is 33.8 Å². The average molecular weight is 395 g/mol. The Kier molecular flexibility index (Phi) is 5.24. The number of rotatable bonds is 4. The van der Waals surface area contributed by atoms with E-state index in [1.807, 2.05) is 18.2 Å². The number of halogens is 2. The highest BCUT2D eigenvalue weighted by molar-refractivity contribution is 6.42. The first-order valence-corrected chi connectivity index (χ1v) is 10.7. The van der Waals surface area contributed by atoms with Gasteiger partial charge in [-0.2, -0.15) is 0 Å². The van der Waals surface area contributed by atoms with Gasteiger partial charge in [-0.1, -0.05) is 36.2 Å². The highest BCUT2D eigenvalue weighted by Gasteiger charge is 2.40. The van der Waals surface area contributed by atoms with Crippen molar-refractivity contribution < 1.29 is 4.79 Å². The molecule has 26 heavy (non-hydrogen) atoms. The van der Waals surface area contributed by atoms with Gasteiger partial charge in [0.1, 0.15) is 0 Å². The molecule has 1 aliphatic carbocycles. The van der Waals surface area contributed by atoms with Crippen LogP contribution < -0.4 is 0 Å². The van der Waals surface area contributed by atoms with E-state index in [2.05, 4.69) is 16.7 Å². The van der Waals surface area contributed by atoms with E-state index in [9.17, 15) is 4.79 Å². The molecule has 0 N–H and O–H groups in total. The largest absolute Gasteiger partial charge is 0.342 e. The summed E-state index contributed by atoms with van der Waals surface area (Å²) in [7, 11) is 0. The van der Waals surface area contributed by atoms with Crippen LogP contribution in [-0.2, 0) is 4.79 Å². The minimum absolute atomic E-state index is 0.214. The minimum atomic E-state index is 0.214. The molecule has 1 atom stereocenters. The molecule has 0 radical (unpaired) electrons. The molecule has 5 heteroatoms. The van der Waals surface area contributed by atoms with E-state index in [4.69, 9.17) is 23.2 Å². The Hall–Kier alpha value is -0.770. The third-order valence-electron chi connectivity index (χ3n) is 6.56. The second-order valence-electron chi connectivity index (χ2n) is 8.80. The van der Waals surface area contributed by atoms with Crippen LogP contribution in [-0.4, -0.2) is 48.4 Å². The fourth-order valence-corrected chi connectivity index (χ4v) is 4.81. The monoisotopic (exact) mass is 394 g/mol. The highest BCUT2D eigenvalue weighted by atomic mass is 35.5. The third-order valence-corrected chi connectivity index (χ3v) is 7.30. The van der Waals surface area contributed by atoms with Gasteiger partial charge in [0, 0.05) is 31.5 Å². The van der Waals surface area contributed by atoms with Crippen LogP contribution in [0.25, 0.3) is 0 Å². The predicted octanol–water partition coefficient (Wildman–Crippen LogP) is 4.82. The Bertz CT molecular complexity index is 681. The Labute approximate surface area is 166 Å². The maximum Gasteiger partial charge on any atom is 0.225 e. The zero-order valence-corrected chi connectivity index (χ0v) is 17.0. The zero-order chi connectivity index (χ0) is 18.3. The second kappa shape index (κ2) is 7.33. The molecule has 1 amide bonds. The summed E-state index contributed by atoms with van der Waals surface area (Å²) in [4.78, 5) is 17.6. The van der Waals surface area contributed by atoms with Crippen molar-refractivity contribution in [2.24, 2.45) is 11.3 Å². The number of piperidine rings is 1. The molecule has 2 saturated heterocycles. The average Bonchev–Trinajstić information content (AvgIpc) is 3.16. The Balaban J connectivity index is 1.30. The van der Waals surface area contributed by atoms with Crippen LogP contribution in [0.15, 0.2) is 18.2 Å². The molecule has 2 aliphatic heterocycles. The van der Waals surface area contributed by atoms with Crippen LogP contribution in [0, 0.1) is 11.3 Å². The van der Waals surface area contributed by atoms with Gasteiger partial charge >= 0.3 is 0 Å². The molecule has 0 aromatic heterocycles. The van der Waals surface area contributed by atoms with E-state index in [-0.39, 0.29) is 5.92 Å². The summed E-state index contributed by atoms with van der Waals surface area (Å²) in [6.45, 7) is 7.44. The fraction of sp³-hybridized carbons (Fsp3) is 0.667. The molecular formula is C21H28Cl2N2O. The molecule has 0 spiro atoms. The number of carbonyl (C=O) groups excluding carboxylic acids is 1. The summed E-state index contributed by atoms with van der Waals surface area (Å²) in [6.07, 6.45) is 5.79. The molecule has 3 aliphatic rings. The number of amides is 1. The number of hydrogen-bond donors (Lipinski definition) is 0. The predicted molar refractivity (Wildman–Crippen MR) is 107 cm³/mol. The summed E-state index contributed by atoms with van der Waals surface area (Å²) in [5.41, 5.74) is 1.76. The maximum atomic E-state index is 13.0. The molecule has 1 aromatic carbocycles. The Morgan fingerprint density at radius 2 is 1.85 bits per heavy atom. The van der Waals surface area contributed by atoms with Crippen molar-refractivity contribution >= 4 is 29.1 Å². The van der Waals surface area contributed by atoms with Gasteiger partial charge in [0.25, 0.3) is 0 Å². The van der Waals surface area contributed by atoms with Crippen LogP contribution in [0.5, 0.6) is 0 Å².